The number of phenolic OH excluding ortho intramolecular Hbond substituents is 1. The smallest absolute Gasteiger partial charge is 0.248 e. The minimum atomic E-state index is -0.446. The number of hydrogen-bond acceptors (Lipinski definition) is 5. The number of benzene rings is 2. The van der Waals surface area contributed by atoms with Gasteiger partial charge in [0, 0.05) is 18.2 Å². The summed E-state index contributed by atoms with van der Waals surface area (Å²) < 4.78 is 5.02. The first-order valence-corrected chi connectivity index (χ1v) is 7.90. The van der Waals surface area contributed by atoms with Crippen LogP contribution >= 0.6 is 0 Å². The van der Waals surface area contributed by atoms with Gasteiger partial charge in [-0.25, -0.2) is 5.48 Å². The van der Waals surface area contributed by atoms with Gasteiger partial charge in [-0.2, -0.15) is 0 Å². The maximum absolute atomic E-state index is 12.0. The van der Waals surface area contributed by atoms with Gasteiger partial charge in [0.1, 0.15) is 0 Å². The van der Waals surface area contributed by atoms with E-state index in [9.17, 15) is 14.7 Å². The average Bonchev–Trinajstić information content (AvgIpc) is 2.66. The average molecular weight is 356 g/mol. The van der Waals surface area contributed by atoms with Gasteiger partial charge < -0.3 is 15.2 Å². The number of rotatable bonds is 7. The fourth-order valence-electron chi connectivity index (χ4n) is 2.22. The molecule has 0 atom stereocenters. The Morgan fingerprint density at radius 1 is 1.15 bits per heavy atom. The van der Waals surface area contributed by atoms with Crippen molar-refractivity contribution in [2.24, 2.45) is 0 Å². The van der Waals surface area contributed by atoms with E-state index >= 15 is 0 Å². The van der Waals surface area contributed by atoms with Crippen molar-refractivity contribution in [3.63, 3.8) is 0 Å². The number of ether oxygens (including phenoxy) is 1. The summed E-state index contributed by atoms with van der Waals surface area (Å²) in [6.45, 7) is 0. The number of hydroxylamine groups is 1. The Hall–Kier alpha value is -3.32. The third-order valence-corrected chi connectivity index (χ3v) is 3.62. The molecule has 2 aromatic carbocycles. The van der Waals surface area contributed by atoms with Crippen LogP contribution in [0.1, 0.15) is 17.5 Å². The highest BCUT2D eigenvalue weighted by Gasteiger charge is 2.03. The zero-order chi connectivity index (χ0) is 18.9. The van der Waals surface area contributed by atoms with E-state index in [4.69, 9.17) is 9.94 Å². The molecule has 2 amide bonds. The Balaban J connectivity index is 1.92. The lowest BCUT2D eigenvalue weighted by molar-refractivity contribution is -0.129. The summed E-state index contributed by atoms with van der Waals surface area (Å²) in [5.74, 6) is -0.383. The molecule has 0 fully saturated rings. The van der Waals surface area contributed by atoms with Gasteiger partial charge in [-0.1, -0.05) is 18.2 Å². The normalized spacial score (nSPS) is 10.5. The maximum atomic E-state index is 12.0. The van der Waals surface area contributed by atoms with Crippen LogP contribution in [-0.4, -0.2) is 29.2 Å². The van der Waals surface area contributed by atoms with E-state index in [1.807, 2.05) is 0 Å². The van der Waals surface area contributed by atoms with Gasteiger partial charge in [-0.3, -0.25) is 14.8 Å². The molecule has 2 rings (SSSR count). The minimum absolute atomic E-state index is 0.0330. The molecule has 0 heterocycles. The number of carbonyl (C=O) groups is 2. The van der Waals surface area contributed by atoms with E-state index in [1.54, 1.807) is 48.0 Å². The van der Waals surface area contributed by atoms with Crippen molar-refractivity contribution < 1.29 is 24.6 Å². The number of hydrogen-bond donors (Lipinski definition) is 4. The van der Waals surface area contributed by atoms with Crippen LogP contribution < -0.4 is 15.5 Å². The molecule has 0 bridgehead atoms. The van der Waals surface area contributed by atoms with Gasteiger partial charge in [0.15, 0.2) is 11.5 Å². The van der Waals surface area contributed by atoms with E-state index in [2.05, 4.69) is 5.32 Å². The maximum Gasteiger partial charge on any atom is 0.248 e. The molecule has 0 aliphatic heterocycles. The second-order valence-electron chi connectivity index (χ2n) is 5.49. The summed E-state index contributed by atoms with van der Waals surface area (Å²) in [6.07, 6.45) is 3.66. The number of anilines is 1. The lowest BCUT2D eigenvalue weighted by Gasteiger charge is -2.05. The van der Waals surface area contributed by atoms with Gasteiger partial charge in [0.25, 0.3) is 0 Å². The number of carbonyl (C=O) groups excluding carboxylic acids is 2. The zero-order valence-electron chi connectivity index (χ0n) is 14.2. The number of amides is 2. The van der Waals surface area contributed by atoms with Crippen LogP contribution in [-0.2, 0) is 16.0 Å². The monoisotopic (exact) mass is 356 g/mol. The van der Waals surface area contributed by atoms with Crippen molar-refractivity contribution in [2.45, 2.75) is 12.8 Å². The molecule has 0 aromatic heterocycles. The molecule has 0 unspecified atom stereocenters. The highest BCUT2D eigenvalue weighted by molar-refractivity contribution is 6.01. The van der Waals surface area contributed by atoms with Gasteiger partial charge in [-0.15, -0.1) is 0 Å². The molecule has 7 heteroatoms. The van der Waals surface area contributed by atoms with Crippen molar-refractivity contribution in [2.75, 3.05) is 12.4 Å². The first-order valence-electron chi connectivity index (χ1n) is 7.90. The number of phenols is 1. The van der Waals surface area contributed by atoms with E-state index in [-0.39, 0.29) is 18.1 Å². The molecule has 0 aliphatic carbocycles. The second-order valence-corrected chi connectivity index (χ2v) is 5.49. The van der Waals surface area contributed by atoms with Gasteiger partial charge in [0.2, 0.25) is 11.8 Å². The molecule has 2 aromatic rings. The van der Waals surface area contributed by atoms with Crippen LogP contribution in [0.2, 0.25) is 0 Å². The van der Waals surface area contributed by atoms with Crippen LogP contribution in [0.25, 0.3) is 6.08 Å². The molecule has 0 radical (unpaired) electrons. The molecular weight excluding hydrogens is 336 g/mol. The fourth-order valence-corrected chi connectivity index (χ4v) is 2.22. The van der Waals surface area contributed by atoms with Gasteiger partial charge in [0.05, 0.1) is 7.11 Å². The Bertz CT molecular complexity index is 800. The van der Waals surface area contributed by atoms with Crippen molar-refractivity contribution in [3.05, 3.63) is 59.7 Å². The number of aromatic hydroxyl groups is 1. The quantitative estimate of drug-likeness (QED) is 0.346. The molecule has 4 N–H and O–H groups in total. The van der Waals surface area contributed by atoms with Gasteiger partial charge in [-0.05, 0) is 47.9 Å². The summed E-state index contributed by atoms with van der Waals surface area (Å²) in [5.41, 5.74) is 3.84. The van der Waals surface area contributed by atoms with Crippen LogP contribution in [0.15, 0.2) is 48.5 Å². The summed E-state index contributed by atoms with van der Waals surface area (Å²) in [7, 11) is 1.45. The summed E-state index contributed by atoms with van der Waals surface area (Å²) in [4.78, 5) is 23.0. The van der Waals surface area contributed by atoms with Crippen molar-refractivity contribution in [3.8, 4) is 11.5 Å². The van der Waals surface area contributed by atoms with Crippen molar-refractivity contribution >= 4 is 23.6 Å². The molecule has 136 valence electrons. The second kappa shape index (κ2) is 9.24. The molecule has 0 saturated carbocycles. The Labute approximate surface area is 150 Å². The number of aryl methyl sites for hydroxylation is 1. The third kappa shape index (κ3) is 5.64. The predicted molar refractivity (Wildman–Crippen MR) is 97.0 cm³/mol. The SMILES string of the molecule is COc1cc(/C=C/C(=O)Nc2ccc(CCC(=O)NO)cc2)ccc1O. The summed E-state index contributed by atoms with van der Waals surface area (Å²) in [6, 6.07) is 11.9. The molecule has 0 spiro atoms. The first kappa shape index (κ1) is 19.0. The molecule has 0 saturated heterocycles. The topological polar surface area (TPSA) is 108 Å². The minimum Gasteiger partial charge on any atom is -0.504 e. The van der Waals surface area contributed by atoms with E-state index in [0.29, 0.717) is 23.4 Å². The van der Waals surface area contributed by atoms with Gasteiger partial charge >= 0.3 is 0 Å². The molecule has 7 nitrogen and oxygen atoms in total. The Morgan fingerprint density at radius 3 is 2.54 bits per heavy atom. The van der Waals surface area contributed by atoms with Crippen LogP contribution in [0.5, 0.6) is 11.5 Å². The first-order chi connectivity index (χ1) is 12.5. The largest absolute Gasteiger partial charge is 0.504 e. The van der Waals surface area contributed by atoms with Crippen LogP contribution in [0, 0.1) is 0 Å². The standard InChI is InChI=1S/C19H20N2O5/c1-26-17-12-14(4-9-16(17)22)6-10-18(23)20-15-7-2-13(3-8-15)5-11-19(24)21-25/h2-4,6-10,12,22,25H,5,11H2,1H3,(H,20,23)(H,21,24)/b10-6+. The predicted octanol–water partition coefficient (Wildman–Crippen LogP) is 2.49. The van der Waals surface area contributed by atoms with Crippen molar-refractivity contribution in [1.82, 2.24) is 5.48 Å². The Morgan fingerprint density at radius 2 is 1.88 bits per heavy atom. The van der Waals surface area contributed by atoms with E-state index < -0.39 is 5.91 Å². The van der Waals surface area contributed by atoms with E-state index in [0.717, 1.165) is 5.56 Å². The van der Waals surface area contributed by atoms with Crippen LogP contribution in [0.3, 0.4) is 0 Å². The molecule has 26 heavy (non-hydrogen) atoms. The summed E-state index contributed by atoms with van der Waals surface area (Å²) >= 11 is 0. The van der Waals surface area contributed by atoms with Crippen molar-refractivity contribution in [1.29, 1.82) is 0 Å². The number of nitrogens with one attached hydrogen (secondary N) is 2. The Kier molecular flexibility index (Phi) is 6.75. The summed E-state index contributed by atoms with van der Waals surface area (Å²) in [5, 5.41) is 20.7. The highest BCUT2D eigenvalue weighted by Crippen LogP contribution is 2.26. The zero-order valence-corrected chi connectivity index (χ0v) is 14.2. The van der Waals surface area contributed by atoms with Crippen LogP contribution in [0.4, 0.5) is 5.69 Å². The highest BCUT2D eigenvalue weighted by atomic mass is 16.5. The lowest BCUT2D eigenvalue weighted by Crippen LogP contribution is -2.18. The fraction of sp³-hybridized carbons (Fsp3) is 0.158. The third-order valence-electron chi connectivity index (χ3n) is 3.62. The molecule has 0 aliphatic rings. The molecular formula is C19H20N2O5. The number of methoxy groups -OCH3 is 1. The van der Waals surface area contributed by atoms with E-state index in [1.165, 1.54) is 19.3 Å². The lowest BCUT2D eigenvalue weighted by atomic mass is 10.1.